The molecule has 8 heteroatoms. The zero-order valence-electron chi connectivity index (χ0n) is 14.7. The van der Waals surface area contributed by atoms with Gasteiger partial charge < -0.3 is 10.0 Å². The maximum Gasteiger partial charge on any atom is 0.222 e. The Bertz CT molecular complexity index is 972. The lowest BCUT2D eigenvalue weighted by molar-refractivity contribution is 0.255. The Morgan fingerprint density at radius 1 is 1.22 bits per heavy atom. The second-order valence-electron chi connectivity index (χ2n) is 6.66. The zero-order valence-corrected chi connectivity index (χ0v) is 16.3. The minimum Gasteiger partial charge on any atom is -0.505 e. The Morgan fingerprint density at radius 2 is 2.00 bits per heavy atom. The monoisotopic (exact) mass is 404 g/mol. The number of phenols is 1. The van der Waals surface area contributed by atoms with Gasteiger partial charge in [-0.05, 0) is 62.8 Å². The molecule has 1 N–H and O–H groups in total. The van der Waals surface area contributed by atoms with E-state index in [1.807, 2.05) is 0 Å². The third-order valence-electron chi connectivity index (χ3n) is 4.80. The largest absolute Gasteiger partial charge is 0.505 e. The van der Waals surface area contributed by atoms with Gasteiger partial charge in [0.2, 0.25) is 5.28 Å². The van der Waals surface area contributed by atoms with Gasteiger partial charge >= 0.3 is 0 Å². The van der Waals surface area contributed by atoms with Crippen LogP contribution in [0.4, 0.5) is 4.39 Å². The number of hydrogen-bond donors (Lipinski definition) is 1. The SMILES string of the molecule is CN1CCC(c2nc(-c3cccc(O)c3F)c(-c3ccnc(Cl)n3)s2)CC1. The van der Waals surface area contributed by atoms with E-state index in [0.717, 1.165) is 35.8 Å². The van der Waals surface area contributed by atoms with Crippen LogP contribution in [0.15, 0.2) is 30.5 Å². The van der Waals surface area contributed by atoms with Crippen LogP contribution in [0.2, 0.25) is 5.28 Å². The van der Waals surface area contributed by atoms with Crippen molar-refractivity contribution in [3.63, 3.8) is 0 Å². The van der Waals surface area contributed by atoms with E-state index in [1.54, 1.807) is 24.4 Å². The number of nitrogens with zero attached hydrogens (tertiary/aromatic N) is 4. The molecule has 5 nitrogen and oxygen atoms in total. The van der Waals surface area contributed by atoms with Crippen molar-refractivity contribution in [2.75, 3.05) is 20.1 Å². The summed E-state index contributed by atoms with van der Waals surface area (Å²) < 4.78 is 14.6. The molecule has 0 unspecified atom stereocenters. The summed E-state index contributed by atoms with van der Waals surface area (Å²) in [6.07, 6.45) is 3.59. The number of piperidine rings is 1. The van der Waals surface area contributed by atoms with Gasteiger partial charge in [-0.1, -0.05) is 6.07 Å². The summed E-state index contributed by atoms with van der Waals surface area (Å²) in [6, 6.07) is 6.29. The zero-order chi connectivity index (χ0) is 19.0. The minimum atomic E-state index is -0.681. The minimum absolute atomic E-state index is 0.129. The van der Waals surface area contributed by atoms with Gasteiger partial charge in [0.1, 0.15) is 0 Å². The number of aromatic nitrogens is 3. The molecule has 0 atom stereocenters. The fraction of sp³-hybridized carbons (Fsp3) is 0.316. The van der Waals surface area contributed by atoms with E-state index in [0.29, 0.717) is 17.3 Å². The molecule has 3 heterocycles. The van der Waals surface area contributed by atoms with Gasteiger partial charge in [0.25, 0.3) is 0 Å². The van der Waals surface area contributed by atoms with Crippen LogP contribution in [-0.2, 0) is 0 Å². The second kappa shape index (κ2) is 7.50. The van der Waals surface area contributed by atoms with Crippen LogP contribution in [-0.4, -0.2) is 45.1 Å². The molecule has 140 valence electrons. The predicted octanol–water partition coefficient (Wildman–Crippen LogP) is 4.57. The summed E-state index contributed by atoms with van der Waals surface area (Å²) in [5.74, 6) is -0.747. The average molecular weight is 405 g/mol. The predicted molar refractivity (Wildman–Crippen MR) is 105 cm³/mol. The van der Waals surface area contributed by atoms with Crippen LogP contribution in [0.3, 0.4) is 0 Å². The molecule has 2 aromatic heterocycles. The lowest BCUT2D eigenvalue weighted by Gasteiger charge is -2.27. The third kappa shape index (κ3) is 3.67. The number of benzene rings is 1. The van der Waals surface area contributed by atoms with Gasteiger partial charge in [0, 0.05) is 17.7 Å². The standard InChI is InChI=1S/C19H18ClFN4OS/c1-25-9-6-11(7-10-25)18-24-16(12-3-2-4-14(26)15(12)21)17(27-18)13-5-8-22-19(20)23-13/h2-5,8,11,26H,6-7,9-10H2,1H3. The molecule has 1 aromatic carbocycles. The van der Waals surface area contributed by atoms with E-state index >= 15 is 0 Å². The van der Waals surface area contributed by atoms with Crippen LogP contribution < -0.4 is 0 Å². The van der Waals surface area contributed by atoms with Crippen molar-refractivity contribution >= 4 is 22.9 Å². The molecule has 1 aliphatic rings. The molecule has 1 fully saturated rings. The molecule has 3 aromatic rings. The number of thiazole rings is 1. The number of likely N-dealkylation sites (tertiary alicyclic amines) is 1. The lowest BCUT2D eigenvalue weighted by atomic mass is 9.98. The fourth-order valence-corrected chi connectivity index (χ4v) is 4.65. The van der Waals surface area contributed by atoms with Gasteiger partial charge in [0.05, 0.1) is 21.3 Å². The van der Waals surface area contributed by atoms with Gasteiger partial charge in [-0.2, -0.15) is 0 Å². The molecule has 0 saturated carbocycles. The van der Waals surface area contributed by atoms with Crippen molar-refractivity contribution in [1.82, 2.24) is 19.9 Å². The average Bonchev–Trinajstić information content (AvgIpc) is 3.10. The van der Waals surface area contributed by atoms with Crippen LogP contribution >= 0.6 is 22.9 Å². The normalized spacial score (nSPS) is 16.0. The maximum absolute atomic E-state index is 14.6. The summed E-state index contributed by atoms with van der Waals surface area (Å²) >= 11 is 7.48. The summed E-state index contributed by atoms with van der Waals surface area (Å²) in [5.41, 5.74) is 1.34. The third-order valence-corrected chi connectivity index (χ3v) is 6.23. The van der Waals surface area contributed by atoms with Crippen molar-refractivity contribution in [2.45, 2.75) is 18.8 Å². The highest BCUT2D eigenvalue weighted by Gasteiger charge is 2.26. The smallest absolute Gasteiger partial charge is 0.222 e. The van der Waals surface area contributed by atoms with E-state index in [4.69, 9.17) is 16.6 Å². The van der Waals surface area contributed by atoms with E-state index in [2.05, 4.69) is 21.9 Å². The highest BCUT2D eigenvalue weighted by Crippen LogP contribution is 2.42. The molecule has 0 amide bonds. The van der Waals surface area contributed by atoms with E-state index in [9.17, 15) is 9.50 Å². The van der Waals surface area contributed by atoms with Crippen LogP contribution in [0.5, 0.6) is 5.75 Å². The van der Waals surface area contributed by atoms with Gasteiger partial charge in [0.15, 0.2) is 11.6 Å². The lowest BCUT2D eigenvalue weighted by Crippen LogP contribution is -2.29. The first kappa shape index (κ1) is 18.3. The Kier molecular flexibility index (Phi) is 5.08. The van der Waals surface area contributed by atoms with Gasteiger partial charge in [-0.25, -0.2) is 19.3 Å². The topological polar surface area (TPSA) is 62.1 Å². The van der Waals surface area contributed by atoms with Crippen molar-refractivity contribution in [2.24, 2.45) is 0 Å². The number of hydrogen-bond acceptors (Lipinski definition) is 6. The van der Waals surface area contributed by atoms with Crippen LogP contribution in [0.25, 0.3) is 21.8 Å². The molecule has 0 bridgehead atoms. The van der Waals surface area contributed by atoms with Crippen LogP contribution in [0.1, 0.15) is 23.8 Å². The molecule has 1 aliphatic heterocycles. The molecule has 4 rings (SSSR count). The number of halogens is 2. The second-order valence-corrected chi connectivity index (χ2v) is 8.03. The molecule has 0 radical (unpaired) electrons. The summed E-state index contributed by atoms with van der Waals surface area (Å²) in [4.78, 5) is 16.0. The number of aromatic hydroxyl groups is 1. The Morgan fingerprint density at radius 3 is 2.74 bits per heavy atom. The summed E-state index contributed by atoms with van der Waals surface area (Å²) in [5, 5.41) is 10.9. The quantitative estimate of drug-likeness (QED) is 0.647. The summed E-state index contributed by atoms with van der Waals surface area (Å²) in [7, 11) is 2.11. The van der Waals surface area contributed by atoms with E-state index in [-0.39, 0.29) is 10.8 Å². The molecule has 1 saturated heterocycles. The van der Waals surface area contributed by atoms with Crippen molar-refractivity contribution < 1.29 is 9.50 Å². The first-order valence-electron chi connectivity index (χ1n) is 8.69. The fourth-order valence-electron chi connectivity index (χ4n) is 3.29. The van der Waals surface area contributed by atoms with Gasteiger partial charge in [-0.15, -0.1) is 11.3 Å². The number of rotatable bonds is 3. The summed E-state index contributed by atoms with van der Waals surface area (Å²) in [6.45, 7) is 2.02. The van der Waals surface area contributed by atoms with E-state index < -0.39 is 11.6 Å². The highest BCUT2D eigenvalue weighted by molar-refractivity contribution is 7.15. The van der Waals surface area contributed by atoms with Gasteiger partial charge in [-0.3, -0.25) is 0 Å². The first-order chi connectivity index (χ1) is 13.0. The Hall–Kier alpha value is -2.09. The van der Waals surface area contributed by atoms with E-state index in [1.165, 1.54) is 17.4 Å². The Balaban J connectivity index is 1.84. The maximum atomic E-state index is 14.6. The highest BCUT2D eigenvalue weighted by atomic mass is 35.5. The van der Waals surface area contributed by atoms with Crippen molar-refractivity contribution in [3.8, 4) is 27.6 Å². The van der Waals surface area contributed by atoms with Crippen molar-refractivity contribution in [3.05, 3.63) is 46.6 Å². The Labute approximate surface area is 165 Å². The van der Waals surface area contributed by atoms with Crippen molar-refractivity contribution in [1.29, 1.82) is 0 Å². The molecule has 0 spiro atoms. The molecular weight excluding hydrogens is 387 g/mol. The molecular formula is C19H18ClFN4OS. The van der Waals surface area contributed by atoms with Crippen LogP contribution in [0, 0.1) is 5.82 Å². The molecule has 27 heavy (non-hydrogen) atoms. The first-order valence-corrected chi connectivity index (χ1v) is 9.88. The molecule has 0 aliphatic carbocycles. The number of phenolic OH excluding ortho intramolecular Hbond substituents is 1.